The Labute approximate surface area is 137 Å². The Kier molecular flexibility index (Phi) is 4.12. The molecule has 1 aliphatic carbocycles. The highest BCUT2D eigenvalue weighted by Crippen LogP contribution is 2.50. The van der Waals surface area contributed by atoms with Gasteiger partial charge in [-0.3, -0.25) is 4.79 Å². The van der Waals surface area contributed by atoms with Crippen LogP contribution in [0.3, 0.4) is 0 Å². The molecular formula is C20H22O3. The van der Waals surface area contributed by atoms with E-state index >= 15 is 0 Å². The van der Waals surface area contributed by atoms with Crippen LogP contribution in [0, 0.1) is 13.8 Å². The van der Waals surface area contributed by atoms with Crippen molar-refractivity contribution in [2.75, 3.05) is 7.11 Å². The van der Waals surface area contributed by atoms with E-state index in [0.29, 0.717) is 12.2 Å². The van der Waals surface area contributed by atoms with E-state index in [4.69, 9.17) is 9.47 Å². The summed E-state index contributed by atoms with van der Waals surface area (Å²) in [5, 5.41) is 0. The van der Waals surface area contributed by atoms with Gasteiger partial charge in [0.1, 0.15) is 11.5 Å². The largest absolute Gasteiger partial charge is 0.496 e. The second-order valence-corrected chi connectivity index (χ2v) is 6.31. The van der Waals surface area contributed by atoms with Gasteiger partial charge in [0, 0.05) is 5.41 Å². The van der Waals surface area contributed by atoms with Gasteiger partial charge >= 0.3 is 0 Å². The number of rotatable bonds is 5. The van der Waals surface area contributed by atoms with Crippen LogP contribution in [0.4, 0.5) is 0 Å². The Hall–Kier alpha value is -2.29. The number of ether oxygens (including phenoxy) is 2. The molecule has 0 amide bonds. The van der Waals surface area contributed by atoms with Crippen molar-refractivity contribution in [2.24, 2.45) is 0 Å². The van der Waals surface area contributed by atoms with Crippen LogP contribution >= 0.6 is 0 Å². The zero-order valence-electron chi connectivity index (χ0n) is 13.9. The molecule has 0 saturated heterocycles. The molecule has 3 nitrogen and oxygen atoms in total. The molecule has 3 heteroatoms. The summed E-state index contributed by atoms with van der Waals surface area (Å²) < 4.78 is 10.4. The second-order valence-electron chi connectivity index (χ2n) is 6.31. The highest BCUT2D eigenvalue weighted by atomic mass is 16.5. The van der Waals surface area contributed by atoms with Crippen molar-refractivity contribution in [3.05, 3.63) is 58.7 Å². The fraction of sp³-hybridized carbons (Fsp3) is 0.350. The molecular weight excluding hydrogens is 288 g/mol. The van der Waals surface area contributed by atoms with Gasteiger partial charge in [-0.1, -0.05) is 30.7 Å². The summed E-state index contributed by atoms with van der Waals surface area (Å²) in [5.41, 5.74) is 4.86. The summed E-state index contributed by atoms with van der Waals surface area (Å²) in [7, 11) is 1.70. The summed E-state index contributed by atoms with van der Waals surface area (Å²) >= 11 is 0. The topological polar surface area (TPSA) is 35.5 Å². The van der Waals surface area contributed by atoms with Gasteiger partial charge in [-0.2, -0.15) is 0 Å². The normalized spacial score (nSPS) is 15.6. The van der Waals surface area contributed by atoms with E-state index in [0.717, 1.165) is 29.7 Å². The highest BCUT2D eigenvalue weighted by Gasteiger charge is 2.40. The quantitative estimate of drug-likeness (QED) is 0.772. The third-order valence-electron chi connectivity index (χ3n) is 5.06. The van der Waals surface area contributed by atoms with Gasteiger partial charge in [0.15, 0.2) is 0 Å². The van der Waals surface area contributed by atoms with Crippen LogP contribution in [0.1, 0.15) is 41.5 Å². The number of methoxy groups -OCH3 is 1. The molecule has 0 bridgehead atoms. The standard InChI is InChI=1S/C20H22O3/c1-14-11-16(5-7-18(14)22-3)20(9-4-10-20)17-6-8-19(23-13-21)15(2)12-17/h5-8,11-13H,4,9-10H2,1-3H3. The first kappa shape index (κ1) is 15.6. The first-order valence-electron chi connectivity index (χ1n) is 7.97. The Morgan fingerprint density at radius 3 is 1.91 bits per heavy atom. The predicted octanol–water partition coefficient (Wildman–Crippen LogP) is 4.32. The molecule has 0 heterocycles. The van der Waals surface area contributed by atoms with Crippen LogP contribution in [0.2, 0.25) is 0 Å². The average Bonchev–Trinajstić information content (AvgIpc) is 2.49. The van der Waals surface area contributed by atoms with Gasteiger partial charge in [0.2, 0.25) is 0 Å². The van der Waals surface area contributed by atoms with E-state index in [2.05, 4.69) is 37.3 Å². The fourth-order valence-electron chi connectivity index (χ4n) is 3.58. The van der Waals surface area contributed by atoms with Crippen LogP contribution in [0.15, 0.2) is 36.4 Å². The van der Waals surface area contributed by atoms with E-state index in [1.165, 1.54) is 17.5 Å². The van der Waals surface area contributed by atoms with Gasteiger partial charge in [0.25, 0.3) is 6.47 Å². The Morgan fingerprint density at radius 2 is 1.52 bits per heavy atom. The van der Waals surface area contributed by atoms with Crippen LogP contribution in [-0.4, -0.2) is 13.6 Å². The molecule has 0 atom stereocenters. The lowest BCUT2D eigenvalue weighted by atomic mass is 9.60. The predicted molar refractivity (Wildman–Crippen MR) is 90.2 cm³/mol. The molecule has 0 aliphatic heterocycles. The molecule has 0 spiro atoms. The number of hydrogen-bond donors (Lipinski definition) is 0. The molecule has 0 radical (unpaired) electrons. The SMILES string of the molecule is COc1ccc(C2(c3ccc(OC=O)c(C)c3)CCC2)cc1C. The first-order chi connectivity index (χ1) is 11.1. The van der Waals surface area contributed by atoms with Crippen LogP contribution < -0.4 is 9.47 Å². The molecule has 1 fully saturated rings. The van der Waals surface area contributed by atoms with E-state index in [-0.39, 0.29) is 5.41 Å². The Morgan fingerprint density at radius 1 is 0.957 bits per heavy atom. The van der Waals surface area contributed by atoms with Crippen LogP contribution in [0.5, 0.6) is 11.5 Å². The fourth-order valence-corrected chi connectivity index (χ4v) is 3.58. The molecule has 0 unspecified atom stereocenters. The third-order valence-corrected chi connectivity index (χ3v) is 5.06. The molecule has 0 N–H and O–H groups in total. The third kappa shape index (κ3) is 2.61. The minimum Gasteiger partial charge on any atom is -0.496 e. The van der Waals surface area contributed by atoms with Gasteiger partial charge in [-0.25, -0.2) is 0 Å². The van der Waals surface area contributed by atoms with Crippen molar-refractivity contribution in [2.45, 2.75) is 38.5 Å². The van der Waals surface area contributed by atoms with E-state index in [9.17, 15) is 4.79 Å². The first-order valence-corrected chi connectivity index (χ1v) is 7.97. The van der Waals surface area contributed by atoms with Crippen molar-refractivity contribution in [1.82, 2.24) is 0 Å². The van der Waals surface area contributed by atoms with Crippen molar-refractivity contribution >= 4 is 6.47 Å². The molecule has 23 heavy (non-hydrogen) atoms. The van der Waals surface area contributed by atoms with Crippen LogP contribution in [-0.2, 0) is 10.2 Å². The summed E-state index contributed by atoms with van der Waals surface area (Å²) in [6, 6.07) is 12.6. The summed E-state index contributed by atoms with van der Waals surface area (Å²) in [6.07, 6.45) is 3.52. The zero-order chi connectivity index (χ0) is 16.4. The van der Waals surface area contributed by atoms with Gasteiger partial charge < -0.3 is 9.47 Å². The van der Waals surface area contributed by atoms with Crippen molar-refractivity contribution < 1.29 is 14.3 Å². The minimum absolute atomic E-state index is 0.0709. The minimum atomic E-state index is 0.0709. The highest BCUT2D eigenvalue weighted by molar-refractivity contribution is 5.52. The summed E-state index contributed by atoms with van der Waals surface area (Å²) in [4.78, 5) is 10.6. The van der Waals surface area contributed by atoms with Crippen molar-refractivity contribution in [3.63, 3.8) is 0 Å². The number of carbonyl (C=O) groups excluding carboxylic acids is 1. The molecule has 0 aromatic heterocycles. The van der Waals surface area contributed by atoms with Crippen molar-refractivity contribution in [1.29, 1.82) is 0 Å². The maximum Gasteiger partial charge on any atom is 0.298 e. The van der Waals surface area contributed by atoms with Gasteiger partial charge in [-0.15, -0.1) is 0 Å². The number of carbonyl (C=O) groups is 1. The Bertz CT molecular complexity index is 730. The average molecular weight is 310 g/mol. The maximum absolute atomic E-state index is 10.6. The number of aryl methyl sites for hydroxylation is 2. The van der Waals surface area contributed by atoms with E-state index in [1.807, 2.05) is 13.0 Å². The number of hydrogen-bond acceptors (Lipinski definition) is 3. The second kappa shape index (κ2) is 6.07. The molecule has 1 aliphatic rings. The Balaban J connectivity index is 2.02. The smallest absolute Gasteiger partial charge is 0.298 e. The zero-order valence-corrected chi connectivity index (χ0v) is 13.9. The molecule has 1 saturated carbocycles. The lowest BCUT2D eigenvalue weighted by Gasteiger charge is -2.43. The van der Waals surface area contributed by atoms with Crippen molar-refractivity contribution in [3.8, 4) is 11.5 Å². The maximum atomic E-state index is 10.6. The lowest BCUT2D eigenvalue weighted by molar-refractivity contribution is -0.120. The summed E-state index contributed by atoms with van der Waals surface area (Å²) in [5.74, 6) is 1.55. The number of benzene rings is 2. The van der Waals surface area contributed by atoms with E-state index in [1.54, 1.807) is 7.11 Å². The molecule has 3 rings (SSSR count). The molecule has 2 aromatic rings. The molecule has 120 valence electrons. The van der Waals surface area contributed by atoms with Gasteiger partial charge in [0.05, 0.1) is 7.11 Å². The molecule has 2 aromatic carbocycles. The lowest BCUT2D eigenvalue weighted by Crippen LogP contribution is -2.35. The summed E-state index contributed by atoms with van der Waals surface area (Å²) in [6.45, 7) is 4.54. The monoisotopic (exact) mass is 310 g/mol. The van der Waals surface area contributed by atoms with Gasteiger partial charge in [-0.05, 0) is 61.1 Å². The van der Waals surface area contributed by atoms with E-state index < -0.39 is 0 Å². The van der Waals surface area contributed by atoms with Crippen LogP contribution in [0.25, 0.3) is 0 Å².